The Bertz CT molecular complexity index is 667. The molecule has 5 heteroatoms. The monoisotopic (exact) mass is 326 g/mol. The van der Waals surface area contributed by atoms with Gasteiger partial charge in [0.1, 0.15) is 0 Å². The molecule has 2 N–H and O–H groups in total. The Morgan fingerprint density at radius 2 is 1.92 bits per heavy atom. The molecule has 128 valence electrons. The van der Waals surface area contributed by atoms with Crippen LogP contribution in [0.3, 0.4) is 0 Å². The van der Waals surface area contributed by atoms with Gasteiger partial charge in [-0.3, -0.25) is 14.9 Å². The lowest BCUT2D eigenvalue weighted by atomic mass is 9.69. The van der Waals surface area contributed by atoms with E-state index in [1.807, 2.05) is 26.2 Å². The molecule has 24 heavy (non-hydrogen) atoms. The van der Waals surface area contributed by atoms with E-state index in [4.69, 9.17) is 0 Å². The zero-order valence-corrected chi connectivity index (χ0v) is 14.6. The fraction of sp³-hybridized carbons (Fsp3) is 0.526. The number of rotatable bonds is 5. The first kappa shape index (κ1) is 16.7. The minimum absolute atomic E-state index is 0.0529. The van der Waals surface area contributed by atoms with Crippen LogP contribution < -0.4 is 5.32 Å². The first-order valence-electron chi connectivity index (χ1n) is 8.78. The van der Waals surface area contributed by atoms with Gasteiger partial charge in [-0.15, -0.1) is 0 Å². The van der Waals surface area contributed by atoms with Crippen molar-refractivity contribution in [1.29, 1.82) is 0 Å². The molecule has 2 aromatic heterocycles. The van der Waals surface area contributed by atoms with Crippen molar-refractivity contribution in [2.45, 2.75) is 57.8 Å². The highest BCUT2D eigenvalue weighted by Crippen LogP contribution is 2.38. The van der Waals surface area contributed by atoms with Gasteiger partial charge < -0.3 is 5.32 Å². The van der Waals surface area contributed by atoms with Gasteiger partial charge in [-0.2, -0.15) is 5.10 Å². The first-order valence-corrected chi connectivity index (χ1v) is 8.78. The molecule has 0 unspecified atom stereocenters. The summed E-state index contributed by atoms with van der Waals surface area (Å²) in [6.07, 6.45) is 10.1. The maximum absolute atomic E-state index is 12.5. The number of carbonyl (C=O) groups excluding carboxylic acids is 1. The number of aromatic amines is 1. The molecule has 0 bridgehead atoms. The smallest absolute Gasteiger partial charge is 0.224 e. The van der Waals surface area contributed by atoms with Crippen molar-refractivity contribution >= 4 is 5.91 Å². The van der Waals surface area contributed by atoms with E-state index >= 15 is 0 Å². The van der Waals surface area contributed by atoms with Crippen LogP contribution in [-0.2, 0) is 16.6 Å². The van der Waals surface area contributed by atoms with Gasteiger partial charge in [0.2, 0.25) is 5.91 Å². The number of pyridine rings is 1. The molecule has 1 amide bonds. The molecule has 0 radical (unpaired) electrons. The number of amides is 1. The maximum atomic E-state index is 12.5. The Balaban J connectivity index is 1.69. The molecule has 1 fully saturated rings. The summed E-state index contributed by atoms with van der Waals surface area (Å²) in [5.41, 5.74) is 4.24. The molecule has 5 nitrogen and oxygen atoms in total. The van der Waals surface area contributed by atoms with Crippen LogP contribution >= 0.6 is 0 Å². The fourth-order valence-electron chi connectivity index (χ4n) is 3.83. The topological polar surface area (TPSA) is 70.7 Å². The molecular formula is C19H26N4O. The molecule has 0 aliphatic heterocycles. The molecule has 3 rings (SSSR count). The highest BCUT2D eigenvalue weighted by Gasteiger charge is 2.34. The standard InChI is InChI=1S/C19H26N4O/c1-14-17(15(2)23-22-14)12-18(24)21-13-19(8-4-3-5-9-19)16-6-10-20-11-7-16/h6-7,10-11H,3-5,8-9,12-13H2,1-2H3,(H,21,24)(H,22,23). The summed E-state index contributed by atoms with van der Waals surface area (Å²) >= 11 is 0. The molecule has 0 aromatic carbocycles. The van der Waals surface area contributed by atoms with E-state index in [0.29, 0.717) is 13.0 Å². The van der Waals surface area contributed by atoms with Crippen molar-refractivity contribution in [1.82, 2.24) is 20.5 Å². The quantitative estimate of drug-likeness (QED) is 0.887. The number of nitrogens with zero attached hydrogens (tertiary/aromatic N) is 2. The maximum Gasteiger partial charge on any atom is 0.224 e. The Hall–Kier alpha value is -2.17. The summed E-state index contributed by atoms with van der Waals surface area (Å²) in [5, 5.41) is 10.3. The summed E-state index contributed by atoms with van der Waals surface area (Å²) in [6.45, 7) is 4.60. The lowest BCUT2D eigenvalue weighted by molar-refractivity contribution is -0.120. The van der Waals surface area contributed by atoms with Gasteiger partial charge in [-0.05, 0) is 44.4 Å². The number of carbonyl (C=O) groups is 1. The number of nitrogens with one attached hydrogen (secondary N) is 2. The van der Waals surface area contributed by atoms with Crippen molar-refractivity contribution < 1.29 is 4.79 Å². The molecular weight excluding hydrogens is 300 g/mol. The zero-order chi connectivity index (χ0) is 17.0. The Kier molecular flexibility index (Phi) is 4.97. The number of hydrogen-bond acceptors (Lipinski definition) is 3. The fourth-order valence-corrected chi connectivity index (χ4v) is 3.83. The Labute approximate surface area is 143 Å². The van der Waals surface area contributed by atoms with Crippen LogP contribution in [0.4, 0.5) is 0 Å². The largest absolute Gasteiger partial charge is 0.355 e. The average Bonchev–Trinajstić information content (AvgIpc) is 2.93. The third-order valence-electron chi connectivity index (χ3n) is 5.35. The predicted molar refractivity (Wildman–Crippen MR) is 93.8 cm³/mol. The molecule has 0 saturated heterocycles. The third-order valence-corrected chi connectivity index (χ3v) is 5.35. The summed E-state index contributed by atoms with van der Waals surface area (Å²) in [4.78, 5) is 16.6. The number of hydrogen-bond donors (Lipinski definition) is 2. The molecule has 1 saturated carbocycles. The highest BCUT2D eigenvalue weighted by atomic mass is 16.1. The third kappa shape index (κ3) is 3.50. The van der Waals surface area contributed by atoms with Gasteiger partial charge >= 0.3 is 0 Å². The van der Waals surface area contributed by atoms with E-state index in [1.165, 1.54) is 24.8 Å². The van der Waals surface area contributed by atoms with Crippen molar-refractivity contribution in [2.24, 2.45) is 0 Å². The van der Waals surface area contributed by atoms with Crippen molar-refractivity contribution in [2.75, 3.05) is 6.54 Å². The second kappa shape index (κ2) is 7.16. The van der Waals surface area contributed by atoms with Crippen molar-refractivity contribution in [3.8, 4) is 0 Å². The molecule has 0 spiro atoms. The second-order valence-electron chi connectivity index (χ2n) is 6.94. The van der Waals surface area contributed by atoms with Crippen molar-refractivity contribution in [3.05, 3.63) is 47.0 Å². The predicted octanol–water partition coefficient (Wildman–Crippen LogP) is 2.98. The summed E-state index contributed by atoms with van der Waals surface area (Å²) in [6, 6.07) is 4.20. The van der Waals surface area contributed by atoms with Gasteiger partial charge in [0, 0.05) is 35.6 Å². The van der Waals surface area contributed by atoms with E-state index in [9.17, 15) is 4.79 Å². The SMILES string of the molecule is Cc1n[nH]c(C)c1CC(=O)NCC1(c2ccncc2)CCCCC1. The molecule has 1 aliphatic carbocycles. The number of H-pyrrole nitrogens is 1. The molecule has 2 heterocycles. The van der Waals surface area contributed by atoms with Crippen LogP contribution in [0.2, 0.25) is 0 Å². The van der Waals surface area contributed by atoms with Gasteiger partial charge in [0.05, 0.1) is 12.1 Å². The molecule has 2 aromatic rings. The normalized spacial score (nSPS) is 16.8. The van der Waals surface area contributed by atoms with Crippen LogP contribution in [0.5, 0.6) is 0 Å². The van der Waals surface area contributed by atoms with E-state index in [0.717, 1.165) is 29.8 Å². The second-order valence-corrected chi connectivity index (χ2v) is 6.94. The van der Waals surface area contributed by atoms with Crippen LogP contribution in [0.15, 0.2) is 24.5 Å². The first-order chi connectivity index (χ1) is 11.6. The van der Waals surface area contributed by atoms with E-state index < -0.39 is 0 Å². The lowest BCUT2D eigenvalue weighted by Gasteiger charge is -2.38. The summed E-state index contributed by atoms with van der Waals surface area (Å²) < 4.78 is 0. The van der Waals surface area contributed by atoms with Gasteiger partial charge in [0.25, 0.3) is 0 Å². The minimum atomic E-state index is 0.0529. The summed E-state index contributed by atoms with van der Waals surface area (Å²) in [5.74, 6) is 0.0709. The Morgan fingerprint density at radius 1 is 1.21 bits per heavy atom. The van der Waals surface area contributed by atoms with E-state index in [-0.39, 0.29) is 11.3 Å². The Morgan fingerprint density at radius 3 is 2.54 bits per heavy atom. The van der Waals surface area contributed by atoms with Crippen LogP contribution in [0, 0.1) is 13.8 Å². The van der Waals surface area contributed by atoms with Gasteiger partial charge in [-0.25, -0.2) is 0 Å². The number of aryl methyl sites for hydroxylation is 2. The van der Waals surface area contributed by atoms with Crippen LogP contribution in [0.25, 0.3) is 0 Å². The van der Waals surface area contributed by atoms with E-state index in [2.05, 4.69) is 32.6 Å². The number of aromatic nitrogens is 3. The molecule has 1 aliphatic rings. The average molecular weight is 326 g/mol. The summed E-state index contributed by atoms with van der Waals surface area (Å²) in [7, 11) is 0. The van der Waals surface area contributed by atoms with Crippen LogP contribution in [0.1, 0.15) is 54.6 Å². The highest BCUT2D eigenvalue weighted by molar-refractivity contribution is 5.79. The molecule has 0 atom stereocenters. The van der Waals surface area contributed by atoms with E-state index in [1.54, 1.807) is 0 Å². The van der Waals surface area contributed by atoms with Crippen molar-refractivity contribution in [3.63, 3.8) is 0 Å². The van der Waals surface area contributed by atoms with Crippen LogP contribution in [-0.4, -0.2) is 27.6 Å². The van der Waals surface area contributed by atoms with Gasteiger partial charge in [0.15, 0.2) is 0 Å². The van der Waals surface area contributed by atoms with Gasteiger partial charge in [-0.1, -0.05) is 19.3 Å². The minimum Gasteiger partial charge on any atom is -0.355 e. The lowest BCUT2D eigenvalue weighted by Crippen LogP contribution is -2.42. The zero-order valence-electron chi connectivity index (χ0n) is 14.6.